The molecule has 20 heavy (non-hydrogen) atoms. The minimum atomic E-state index is -0.370. The maximum absolute atomic E-state index is 14.1. The van der Waals surface area contributed by atoms with E-state index < -0.39 is 0 Å². The van der Waals surface area contributed by atoms with E-state index in [0.717, 1.165) is 5.56 Å². The SMILES string of the molecule is COc1ncnc2c1[nH]c(=S)n2-c1cc(C)ccc1F. The fourth-order valence-electron chi connectivity index (χ4n) is 2.07. The third-order valence-electron chi connectivity index (χ3n) is 2.98. The van der Waals surface area contributed by atoms with Gasteiger partial charge in [-0.25, -0.2) is 9.37 Å². The van der Waals surface area contributed by atoms with Gasteiger partial charge in [-0.1, -0.05) is 6.07 Å². The summed E-state index contributed by atoms with van der Waals surface area (Å²) in [5.41, 5.74) is 2.30. The number of fused-ring (bicyclic) bond motifs is 1. The maximum Gasteiger partial charge on any atom is 0.242 e. The lowest BCUT2D eigenvalue weighted by molar-refractivity contribution is 0.401. The smallest absolute Gasteiger partial charge is 0.242 e. The number of ether oxygens (including phenoxy) is 1. The van der Waals surface area contributed by atoms with Crippen LogP contribution in [-0.2, 0) is 0 Å². The highest BCUT2D eigenvalue weighted by Gasteiger charge is 2.15. The molecule has 0 unspecified atom stereocenters. The van der Waals surface area contributed by atoms with E-state index in [1.165, 1.54) is 24.1 Å². The highest BCUT2D eigenvalue weighted by molar-refractivity contribution is 7.71. The van der Waals surface area contributed by atoms with Crippen LogP contribution in [0.4, 0.5) is 4.39 Å². The van der Waals surface area contributed by atoms with Gasteiger partial charge in [0.25, 0.3) is 0 Å². The molecule has 0 fully saturated rings. The molecule has 0 bridgehead atoms. The van der Waals surface area contributed by atoms with Crippen LogP contribution in [0.2, 0.25) is 0 Å². The lowest BCUT2D eigenvalue weighted by Crippen LogP contribution is -2.00. The van der Waals surface area contributed by atoms with Gasteiger partial charge in [-0.05, 0) is 36.8 Å². The molecular formula is C13H11FN4OS. The zero-order valence-electron chi connectivity index (χ0n) is 10.8. The first-order chi connectivity index (χ1) is 9.61. The minimum absolute atomic E-state index is 0.336. The molecule has 0 radical (unpaired) electrons. The van der Waals surface area contributed by atoms with Crippen LogP contribution >= 0.6 is 12.2 Å². The molecule has 0 aliphatic heterocycles. The Bertz CT molecular complexity index is 855. The number of imidazole rings is 1. The quantitative estimate of drug-likeness (QED) is 0.737. The summed E-state index contributed by atoms with van der Waals surface area (Å²) >= 11 is 5.26. The highest BCUT2D eigenvalue weighted by Crippen LogP contribution is 2.25. The number of nitrogens with one attached hydrogen (secondary N) is 1. The molecule has 0 aliphatic rings. The number of rotatable bonds is 2. The van der Waals surface area contributed by atoms with Crippen LogP contribution in [-0.4, -0.2) is 26.6 Å². The summed E-state index contributed by atoms with van der Waals surface area (Å²) < 4.78 is 21.1. The number of aryl methyl sites for hydroxylation is 1. The molecule has 0 amide bonds. The molecule has 3 rings (SSSR count). The minimum Gasteiger partial charge on any atom is -0.479 e. The molecule has 3 aromatic rings. The molecule has 2 aromatic heterocycles. The van der Waals surface area contributed by atoms with Crippen molar-refractivity contribution >= 4 is 23.4 Å². The first-order valence-electron chi connectivity index (χ1n) is 5.88. The van der Waals surface area contributed by atoms with Crippen molar-refractivity contribution in [2.75, 3.05) is 7.11 Å². The lowest BCUT2D eigenvalue weighted by atomic mass is 10.2. The second-order valence-corrected chi connectivity index (χ2v) is 4.69. The first-order valence-corrected chi connectivity index (χ1v) is 6.29. The van der Waals surface area contributed by atoms with Crippen molar-refractivity contribution in [3.05, 3.63) is 40.7 Å². The van der Waals surface area contributed by atoms with Crippen molar-refractivity contribution in [1.82, 2.24) is 19.5 Å². The molecule has 1 aromatic carbocycles. The standard InChI is InChI=1S/C13H11FN4OS/c1-7-3-4-8(14)9(5-7)18-11-10(17-13(18)20)12(19-2)16-6-15-11/h3-6H,1-2H3,(H,17,20). The van der Waals surface area contributed by atoms with E-state index in [1.54, 1.807) is 12.1 Å². The Labute approximate surface area is 119 Å². The zero-order chi connectivity index (χ0) is 14.3. The van der Waals surface area contributed by atoms with Gasteiger partial charge >= 0.3 is 0 Å². The summed E-state index contributed by atoms with van der Waals surface area (Å²) in [7, 11) is 1.50. The lowest BCUT2D eigenvalue weighted by Gasteiger charge is -2.06. The normalized spacial score (nSPS) is 10.9. The van der Waals surface area contributed by atoms with Crippen molar-refractivity contribution < 1.29 is 9.13 Å². The molecule has 5 nitrogen and oxygen atoms in total. The number of hydrogen-bond donors (Lipinski definition) is 1. The van der Waals surface area contributed by atoms with Crippen LogP contribution in [0.15, 0.2) is 24.5 Å². The average Bonchev–Trinajstić information content (AvgIpc) is 2.77. The topological polar surface area (TPSA) is 55.7 Å². The predicted molar refractivity (Wildman–Crippen MR) is 75.3 cm³/mol. The first kappa shape index (κ1) is 12.7. The van der Waals surface area contributed by atoms with E-state index in [1.807, 2.05) is 6.92 Å². The molecule has 0 saturated carbocycles. The number of hydrogen-bond acceptors (Lipinski definition) is 4. The van der Waals surface area contributed by atoms with Crippen LogP contribution < -0.4 is 4.74 Å². The zero-order valence-corrected chi connectivity index (χ0v) is 11.7. The van der Waals surface area contributed by atoms with E-state index in [9.17, 15) is 4.39 Å². The Morgan fingerprint density at radius 1 is 1.35 bits per heavy atom. The van der Waals surface area contributed by atoms with Crippen LogP contribution in [0.5, 0.6) is 5.88 Å². The highest BCUT2D eigenvalue weighted by atomic mass is 32.1. The third kappa shape index (κ3) is 1.87. The number of aromatic amines is 1. The van der Waals surface area contributed by atoms with E-state index in [4.69, 9.17) is 17.0 Å². The number of H-pyrrole nitrogens is 1. The Morgan fingerprint density at radius 3 is 2.90 bits per heavy atom. The fraction of sp³-hybridized carbons (Fsp3) is 0.154. The third-order valence-corrected chi connectivity index (χ3v) is 3.26. The monoisotopic (exact) mass is 290 g/mol. The molecule has 0 spiro atoms. The average molecular weight is 290 g/mol. The Hall–Kier alpha value is -2.28. The molecule has 2 heterocycles. The molecule has 0 atom stereocenters. The van der Waals surface area contributed by atoms with Crippen molar-refractivity contribution in [3.8, 4) is 11.6 Å². The fourth-order valence-corrected chi connectivity index (χ4v) is 2.36. The number of methoxy groups -OCH3 is 1. The predicted octanol–water partition coefficient (Wildman–Crippen LogP) is 2.93. The van der Waals surface area contributed by atoms with Gasteiger partial charge < -0.3 is 9.72 Å². The van der Waals surface area contributed by atoms with Gasteiger partial charge in [0, 0.05) is 0 Å². The molecule has 0 aliphatic carbocycles. The number of benzene rings is 1. The van der Waals surface area contributed by atoms with E-state index in [0.29, 0.717) is 27.5 Å². The van der Waals surface area contributed by atoms with Gasteiger partial charge in [-0.3, -0.25) is 4.57 Å². The van der Waals surface area contributed by atoms with Gasteiger partial charge in [0.05, 0.1) is 12.8 Å². The van der Waals surface area contributed by atoms with Crippen molar-refractivity contribution in [2.45, 2.75) is 6.92 Å². The summed E-state index contributed by atoms with van der Waals surface area (Å²) in [6.45, 7) is 1.89. The number of halogens is 1. The van der Waals surface area contributed by atoms with Gasteiger partial charge in [-0.2, -0.15) is 4.98 Å². The molecule has 102 valence electrons. The van der Waals surface area contributed by atoms with Gasteiger partial charge in [0.1, 0.15) is 17.7 Å². The maximum atomic E-state index is 14.1. The van der Waals surface area contributed by atoms with Crippen molar-refractivity contribution in [3.63, 3.8) is 0 Å². The van der Waals surface area contributed by atoms with E-state index >= 15 is 0 Å². The largest absolute Gasteiger partial charge is 0.479 e. The summed E-state index contributed by atoms with van der Waals surface area (Å²) in [6.07, 6.45) is 1.36. The van der Waals surface area contributed by atoms with Crippen LogP contribution in [0, 0.1) is 17.5 Å². The summed E-state index contributed by atoms with van der Waals surface area (Å²) in [4.78, 5) is 11.1. The van der Waals surface area contributed by atoms with Gasteiger partial charge in [0.2, 0.25) is 5.88 Å². The van der Waals surface area contributed by atoms with Crippen molar-refractivity contribution in [1.29, 1.82) is 0 Å². The van der Waals surface area contributed by atoms with Crippen molar-refractivity contribution in [2.24, 2.45) is 0 Å². The number of nitrogens with zero attached hydrogens (tertiary/aromatic N) is 3. The second kappa shape index (κ2) is 4.68. The second-order valence-electron chi connectivity index (χ2n) is 4.30. The summed E-state index contributed by atoms with van der Waals surface area (Å²) in [6, 6.07) is 4.82. The number of aromatic nitrogens is 4. The van der Waals surface area contributed by atoms with E-state index in [2.05, 4.69) is 15.0 Å². The molecule has 0 saturated heterocycles. The van der Waals surface area contributed by atoms with E-state index in [-0.39, 0.29) is 5.82 Å². The van der Waals surface area contributed by atoms with Gasteiger partial charge in [0.15, 0.2) is 10.4 Å². The Balaban J connectivity index is 2.40. The van der Waals surface area contributed by atoms with Crippen LogP contribution in [0.3, 0.4) is 0 Å². The van der Waals surface area contributed by atoms with Gasteiger partial charge in [-0.15, -0.1) is 0 Å². The Kier molecular flexibility index (Phi) is 2.98. The summed E-state index contributed by atoms with van der Waals surface area (Å²) in [5.74, 6) is -0.00177. The summed E-state index contributed by atoms with van der Waals surface area (Å²) in [5, 5.41) is 0. The van der Waals surface area contributed by atoms with Crippen LogP contribution in [0.25, 0.3) is 16.9 Å². The van der Waals surface area contributed by atoms with Crippen LogP contribution in [0.1, 0.15) is 5.56 Å². The molecule has 7 heteroatoms. The molecular weight excluding hydrogens is 279 g/mol. The Morgan fingerprint density at radius 2 is 2.15 bits per heavy atom. The molecule has 1 N–H and O–H groups in total.